The number of benzene rings is 1. The van der Waals surface area contributed by atoms with Crippen LogP contribution in [0.4, 0.5) is 10.5 Å². The molecule has 0 N–H and O–H groups in total. The minimum atomic E-state index is -0.493. The normalized spacial score (nSPS) is 29.1. The Labute approximate surface area is 135 Å². The standard InChI is InChI=1S/C17H22N2O4/c1-16(2,3)23-15(20)18-9-13-14(10-18)17(13,4)11-6-5-7-12(8-11)19(21)22/h5-8,13-14H,9-10H2,1-4H3/t13-,14+,17+. The summed E-state index contributed by atoms with van der Waals surface area (Å²) in [5, 5.41) is 11.0. The predicted molar refractivity (Wildman–Crippen MR) is 85.2 cm³/mol. The Balaban J connectivity index is 1.70. The number of ether oxygens (including phenoxy) is 1. The third kappa shape index (κ3) is 2.66. The lowest BCUT2D eigenvalue weighted by atomic mass is 9.92. The monoisotopic (exact) mass is 318 g/mol. The summed E-state index contributed by atoms with van der Waals surface area (Å²) in [7, 11) is 0. The van der Waals surface area contributed by atoms with Crippen LogP contribution in [-0.2, 0) is 10.2 Å². The molecule has 1 saturated carbocycles. The Morgan fingerprint density at radius 3 is 2.48 bits per heavy atom. The molecule has 6 nitrogen and oxygen atoms in total. The number of piperidine rings is 1. The molecule has 3 atom stereocenters. The van der Waals surface area contributed by atoms with Crippen molar-refractivity contribution >= 4 is 11.8 Å². The average Bonchev–Trinajstić information content (AvgIpc) is 2.85. The first-order valence-electron chi connectivity index (χ1n) is 7.86. The zero-order valence-corrected chi connectivity index (χ0v) is 13.9. The molecule has 1 saturated heterocycles. The van der Waals surface area contributed by atoms with Crippen molar-refractivity contribution in [2.75, 3.05) is 13.1 Å². The molecule has 0 aromatic heterocycles. The number of hydrogen-bond acceptors (Lipinski definition) is 4. The number of nitro benzene ring substituents is 1. The van der Waals surface area contributed by atoms with Crippen LogP contribution in [-0.4, -0.2) is 34.6 Å². The largest absolute Gasteiger partial charge is 0.444 e. The summed E-state index contributed by atoms with van der Waals surface area (Å²) >= 11 is 0. The zero-order valence-electron chi connectivity index (χ0n) is 13.9. The van der Waals surface area contributed by atoms with Crippen molar-refractivity contribution < 1.29 is 14.5 Å². The number of non-ortho nitro benzene ring substituents is 1. The molecule has 1 aliphatic carbocycles. The van der Waals surface area contributed by atoms with E-state index in [-0.39, 0.29) is 22.1 Å². The Morgan fingerprint density at radius 1 is 1.35 bits per heavy atom. The van der Waals surface area contributed by atoms with Crippen LogP contribution in [0.15, 0.2) is 24.3 Å². The highest BCUT2D eigenvalue weighted by molar-refractivity contribution is 5.69. The van der Waals surface area contributed by atoms with Gasteiger partial charge in [0.15, 0.2) is 0 Å². The van der Waals surface area contributed by atoms with Crippen molar-refractivity contribution in [3.8, 4) is 0 Å². The molecular formula is C17H22N2O4. The Morgan fingerprint density at radius 2 is 1.96 bits per heavy atom. The predicted octanol–water partition coefficient (Wildman–Crippen LogP) is 3.35. The van der Waals surface area contributed by atoms with Gasteiger partial charge in [0.2, 0.25) is 0 Å². The Bertz CT molecular complexity index is 653. The highest BCUT2D eigenvalue weighted by Gasteiger charge is 2.66. The van der Waals surface area contributed by atoms with Crippen molar-refractivity contribution in [2.24, 2.45) is 11.8 Å². The van der Waals surface area contributed by atoms with Gasteiger partial charge in [-0.1, -0.05) is 19.1 Å². The maximum absolute atomic E-state index is 12.1. The molecule has 1 heterocycles. The zero-order chi connectivity index (χ0) is 17.0. The highest BCUT2D eigenvalue weighted by atomic mass is 16.6. The van der Waals surface area contributed by atoms with Crippen molar-refractivity contribution in [1.29, 1.82) is 0 Å². The summed E-state index contributed by atoms with van der Waals surface area (Å²) in [5.41, 5.74) is 0.542. The number of fused-ring (bicyclic) bond motifs is 1. The lowest BCUT2D eigenvalue weighted by Crippen LogP contribution is -2.38. The van der Waals surface area contributed by atoms with Crippen molar-refractivity contribution in [2.45, 2.75) is 38.7 Å². The van der Waals surface area contributed by atoms with E-state index in [4.69, 9.17) is 4.74 Å². The van der Waals surface area contributed by atoms with Crippen LogP contribution in [0.1, 0.15) is 33.3 Å². The van der Waals surface area contributed by atoms with Gasteiger partial charge in [-0.05, 0) is 38.2 Å². The second kappa shape index (κ2) is 4.94. The number of carbonyl (C=O) groups is 1. The molecule has 1 aromatic carbocycles. The van der Waals surface area contributed by atoms with E-state index in [1.165, 1.54) is 6.07 Å². The van der Waals surface area contributed by atoms with E-state index in [0.717, 1.165) is 5.56 Å². The number of carbonyl (C=O) groups excluding carboxylic acids is 1. The summed E-state index contributed by atoms with van der Waals surface area (Å²) in [5.74, 6) is 0.689. The summed E-state index contributed by atoms with van der Waals surface area (Å²) in [4.78, 5) is 24.5. The first kappa shape index (κ1) is 15.8. The minimum Gasteiger partial charge on any atom is -0.444 e. The van der Waals surface area contributed by atoms with Crippen LogP contribution >= 0.6 is 0 Å². The van der Waals surface area contributed by atoms with Gasteiger partial charge in [0.05, 0.1) is 4.92 Å². The molecule has 6 heteroatoms. The van der Waals surface area contributed by atoms with Crippen LogP contribution in [0.3, 0.4) is 0 Å². The van der Waals surface area contributed by atoms with Gasteiger partial charge in [-0.3, -0.25) is 10.1 Å². The average molecular weight is 318 g/mol. The van der Waals surface area contributed by atoms with E-state index in [1.54, 1.807) is 17.0 Å². The first-order valence-corrected chi connectivity index (χ1v) is 7.86. The summed E-state index contributed by atoms with van der Waals surface area (Å²) in [6.07, 6.45) is -0.272. The molecule has 0 unspecified atom stereocenters. The smallest absolute Gasteiger partial charge is 0.410 e. The molecule has 2 fully saturated rings. The van der Waals surface area contributed by atoms with Crippen LogP contribution in [0.2, 0.25) is 0 Å². The number of nitro groups is 1. The van der Waals surface area contributed by atoms with Gasteiger partial charge in [-0.2, -0.15) is 0 Å². The van der Waals surface area contributed by atoms with Gasteiger partial charge in [-0.15, -0.1) is 0 Å². The number of hydrogen-bond donors (Lipinski definition) is 0. The maximum atomic E-state index is 12.1. The van der Waals surface area contributed by atoms with Gasteiger partial charge in [0, 0.05) is 30.6 Å². The van der Waals surface area contributed by atoms with Crippen molar-refractivity contribution in [3.63, 3.8) is 0 Å². The van der Waals surface area contributed by atoms with Crippen molar-refractivity contribution in [1.82, 2.24) is 4.90 Å². The van der Waals surface area contributed by atoms with Crippen LogP contribution in [0.25, 0.3) is 0 Å². The number of likely N-dealkylation sites (tertiary alicyclic amines) is 1. The molecule has 0 radical (unpaired) electrons. The number of rotatable bonds is 2. The van der Waals surface area contributed by atoms with Crippen LogP contribution in [0.5, 0.6) is 0 Å². The topological polar surface area (TPSA) is 72.7 Å². The Hall–Kier alpha value is -2.11. The molecule has 1 aromatic rings. The van der Waals surface area contributed by atoms with Crippen LogP contribution < -0.4 is 0 Å². The molecule has 0 bridgehead atoms. The molecule has 23 heavy (non-hydrogen) atoms. The Kier molecular flexibility index (Phi) is 3.39. The van der Waals surface area contributed by atoms with E-state index in [9.17, 15) is 14.9 Å². The van der Waals surface area contributed by atoms with E-state index in [2.05, 4.69) is 6.92 Å². The van der Waals surface area contributed by atoms with Crippen LogP contribution in [0, 0.1) is 22.0 Å². The van der Waals surface area contributed by atoms with Gasteiger partial charge in [0.1, 0.15) is 5.60 Å². The minimum absolute atomic E-state index is 0.0788. The van der Waals surface area contributed by atoms with E-state index in [1.807, 2.05) is 26.8 Å². The molecule has 2 aliphatic rings. The lowest BCUT2D eigenvalue weighted by Gasteiger charge is -2.28. The third-order valence-electron chi connectivity index (χ3n) is 5.08. The molecule has 124 valence electrons. The first-order chi connectivity index (χ1) is 10.6. The number of amides is 1. The lowest BCUT2D eigenvalue weighted by molar-refractivity contribution is -0.384. The third-order valence-corrected chi connectivity index (χ3v) is 5.08. The molecular weight excluding hydrogens is 296 g/mol. The van der Waals surface area contributed by atoms with E-state index in [0.29, 0.717) is 24.9 Å². The molecule has 1 amide bonds. The molecule has 1 aliphatic heterocycles. The fourth-order valence-corrected chi connectivity index (χ4v) is 3.74. The van der Waals surface area contributed by atoms with Crippen molar-refractivity contribution in [3.05, 3.63) is 39.9 Å². The summed E-state index contributed by atoms with van der Waals surface area (Å²) < 4.78 is 5.41. The summed E-state index contributed by atoms with van der Waals surface area (Å²) in [6.45, 7) is 9.00. The van der Waals surface area contributed by atoms with Gasteiger partial charge in [0.25, 0.3) is 5.69 Å². The highest BCUT2D eigenvalue weighted by Crippen LogP contribution is 2.63. The van der Waals surface area contributed by atoms with E-state index < -0.39 is 5.60 Å². The summed E-state index contributed by atoms with van der Waals surface area (Å²) in [6, 6.07) is 6.86. The molecule has 3 rings (SSSR count). The fraction of sp³-hybridized carbons (Fsp3) is 0.588. The SMILES string of the molecule is CC(C)(C)OC(=O)N1C[C@@H]2[C@H](C1)[C@@]2(C)c1cccc([N+](=O)[O-])c1. The van der Waals surface area contributed by atoms with Gasteiger partial charge < -0.3 is 9.64 Å². The quantitative estimate of drug-likeness (QED) is 0.619. The second-order valence-corrected chi connectivity index (χ2v) is 7.69. The molecule has 0 spiro atoms. The van der Waals surface area contributed by atoms with Gasteiger partial charge in [-0.25, -0.2) is 4.79 Å². The number of nitrogens with zero attached hydrogens (tertiary/aromatic N) is 2. The van der Waals surface area contributed by atoms with E-state index >= 15 is 0 Å². The fourth-order valence-electron chi connectivity index (χ4n) is 3.74. The maximum Gasteiger partial charge on any atom is 0.410 e. The second-order valence-electron chi connectivity index (χ2n) is 7.69. The van der Waals surface area contributed by atoms with Gasteiger partial charge >= 0.3 is 6.09 Å².